The van der Waals surface area contributed by atoms with E-state index in [1.165, 1.54) is 5.01 Å². The Bertz CT molecular complexity index is 1230. The summed E-state index contributed by atoms with van der Waals surface area (Å²) in [7, 11) is 0. The van der Waals surface area contributed by atoms with E-state index in [4.69, 9.17) is 4.74 Å². The molecule has 1 aliphatic heterocycles. The first kappa shape index (κ1) is 31.4. The van der Waals surface area contributed by atoms with Crippen LogP contribution in [0.25, 0.3) is 0 Å². The van der Waals surface area contributed by atoms with Gasteiger partial charge >= 0.3 is 6.09 Å². The fraction of sp³-hybridized carbons (Fsp3) is 0.429. The number of ether oxygens (including phenoxy) is 1. The van der Waals surface area contributed by atoms with Gasteiger partial charge in [-0.1, -0.05) is 78.9 Å². The molecule has 1 amide bonds. The van der Waals surface area contributed by atoms with Crippen molar-refractivity contribution in [3.63, 3.8) is 0 Å². The zero-order valence-electron chi connectivity index (χ0n) is 25.1. The molecule has 0 spiro atoms. The van der Waals surface area contributed by atoms with E-state index in [9.17, 15) is 14.0 Å². The first-order valence-electron chi connectivity index (χ1n) is 15.0. The standard InChI is InChI=1S/C35H44FN3O3/c1-34(2,3)42-33(41)39(25-26-40)37-27-35(29-13-6-4-7-14-29,30-15-8-5-9-16-30)21-12-22-38-23-19-28(20-24-38)31-17-10-11-18-32(31)36/h4-11,13-18,26,28,37H,12,19-25,27H2,1-3H3. The number of carbonyl (C=O) groups excluding carboxylic acids is 2. The number of nitrogens with one attached hydrogen (secondary N) is 1. The molecule has 7 heteroatoms. The average molecular weight is 574 g/mol. The first-order chi connectivity index (χ1) is 20.2. The third kappa shape index (κ3) is 8.26. The molecule has 3 aromatic carbocycles. The van der Waals surface area contributed by atoms with Crippen molar-refractivity contribution in [3.8, 4) is 0 Å². The lowest BCUT2D eigenvalue weighted by atomic mass is 9.71. The molecule has 0 radical (unpaired) electrons. The summed E-state index contributed by atoms with van der Waals surface area (Å²) in [6.45, 7) is 8.51. The number of likely N-dealkylation sites (tertiary alicyclic amines) is 1. The maximum absolute atomic E-state index is 14.4. The van der Waals surface area contributed by atoms with Crippen LogP contribution in [-0.4, -0.2) is 60.6 Å². The lowest BCUT2D eigenvalue weighted by molar-refractivity contribution is -0.109. The minimum absolute atomic E-state index is 0.103. The molecule has 4 rings (SSSR count). The molecule has 6 nitrogen and oxygen atoms in total. The van der Waals surface area contributed by atoms with Crippen LogP contribution in [0.4, 0.5) is 9.18 Å². The maximum Gasteiger partial charge on any atom is 0.425 e. The number of nitrogens with zero attached hydrogens (tertiary/aromatic N) is 2. The summed E-state index contributed by atoms with van der Waals surface area (Å²) < 4.78 is 19.9. The van der Waals surface area contributed by atoms with Gasteiger partial charge in [0, 0.05) is 12.0 Å². The van der Waals surface area contributed by atoms with E-state index >= 15 is 0 Å². The Hall–Kier alpha value is -3.55. The summed E-state index contributed by atoms with van der Waals surface area (Å²) in [6.07, 6.45) is 3.76. The number of hydrogen-bond acceptors (Lipinski definition) is 5. The van der Waals surface area contributed by atoms with Crippen molar-refractivity contribution in [1.82, 2.24) is 15.3 Å². The number of aldehydes is 1. The molecule has 0 aromatic heterocycles. The minimum atomic E-state index is -0.685. The predicted octanol–water partition coefficient (Wildman–Crippen LogP) is 6.71. The number of hydrogen-bond donors (Lipinski definition) is 1. The van der Waals surface area contributed by atoms with Gasteiger partial charge in [-0.15, -0.1) is 0 Å². The second kappa shape index (κ2) is 14.6. The van der Waals surface area contributed by atoms with Gasteiger partial charge < -0.3 is 14.4 Å². The molecule has 1 saturated heterocycles. The Balaban J connectivity index is 1.51. The molecule has 3 aromatic rings. The first-order valence-corrected chi connectivity index (χ1v) is 15.0. The van der Waals surface area contributed by atoms with Crippen LogP contribution in [0.5, 0.6) is 0 Å². The van der Waals surface area contributed by atoms with Gasteiger partial charge in [0.15, 0.2) is 0 Å². The van der Waals surface area contributed by atoms with E-state index in [1.54, 1.807) is 32.9 Å². The van der Waals surface area contributed by atoms with E-state index in [-0.39, 0.29) is 18.3 Å². The average Bonchev–Trinajstić information content (AvgIpc) is 2.99. The van der Waals surface area contributed by atoms with E-state index in [0.717, 1.165) is 62.0 Å². The monoisotopic (exact) mass is 573 g/mol. The van der Waals surface area contributed by atoms with Crippen molar-refractivity contribution < 1.29 is 18.7 Å². The van der Waals surface area contributed by atoms with E-state index < -0.39 is 17.1 Å². The molecule has 224 valence electrons. The lowest BCUT2D eigenvalue weighted by Crippen LogP contribution is -2.52. The fourth-order valence-electron chi connectivity index (χ4n) is 5.97. The van der Waals surface area contributed by atoms with Crippen LogP contribution in [0, 0.1) is 5.82 Å². The molecule has 1 aliphatic rings. The van der Waals surface area contributed by atoms with Gasteiger partial charge in [-0.25, -0.2) is 19.6 Å². The Morgan fingerprint density at radius 3 is 2.07 bits per heavy atom. The Morgan fingerprint density at radius 1 is 0.952 bits per heavy atom. The van der Waals surface area contributed by atoms with Gasteiger partial charge in [0.05, 0.1) is 6.54 Å². The number of halogens is 1. The fourth-order valence-corrected chi connectivity index (χ4v) is 5.97. The Kier molecular flexibility index (Phi) is 10.9. The van der Waals surface area contributed by atoms with Crippen LogP contribution in [0.15, 0.2) is 84.9 Å². The highest BCUT2D eigenvalue weighted by Gasteiger charge is 2.36. The summed E-state index contributed by atoms with van der Waals surface area (Å²) in [5, 5.41) is 1.27. The molecule has 0 unspecified atom stereocenters. The number of benzene rings is 3. The second-order valence-corrected chi connectivity index (χ2v) is 12.1. The largest absolute Gasteiger partial charge is 0.443 e. The number of carbonyl (C=O) groups is 2. The van der Waals surface area contributed by atoms with Gasteiger partial charge in [-0.2, -0.15) is 0 Å². The normalized spacial score (nSPS) is 14.9. The summed E-state index contributed by atoms with van der Waals surface area (Å²) in [4.78, 5) is 27.0. The van der Waals surface area contributed by atoms with Crippen LogP contribution in [0.2, 0.25) is 0 Å². The van der Waals surface area contributed by atoms with Crippen molar-refractivity contribution in [1.29, 1.82) is 0 Å². The molecule has 1 N–H and O–H groups in total. The maximum atomic E-state index is 14.4. The molecule has 0 aliphatic carbocycles. The quantitative estimate of drug-likeness (QED) is 0.193. The molecule has 42 heavy (non-hydrogen) atoms. The topological polar surface area (TPSA) is 61.9 Å². The molecule has 0 bridgehead atoms. The van der Waals surface area contributed by atoms with Crippen molar-refractivity contribution in [2.75, 3.05) is 32.7 Å². The molecular formula is C35H44FN3O3. The third-order valence-electron chi connectivity index (χ3n) is 8.11. The number of rotatable bonds is 12. The number of hydrazine groups is 1. The summed E-state index contributed by atoms with van der Waals surface area (Å²) >= 11 is 0. The van der Waals surface area contributed by atoms with Crippen molar-refractivity contribution in [2.24, 2.45) is 0 Å². The molecule has 1 heterocycles. The zero-order chi connectivity index (χ0) is 30.0. The number of piperidine rings is 1. The Labute approximate surface area is 249 Å². The van der Waals surface area contributed by atoms with Crippen molar-refractivity contribution >= 4 is 12.4 Å². The van der Waals surface area contributed by atoms with Crippen LogP contribution in [-0.2, 0) is 14.9 Å². The van der Waals surface area contributed by atoms with Gasteiger partial charge in [0.1, 0.15) is 17.7 Å². The summed E-state index contributed by atoms with van der Waals surface area (Å²) in [5.74, 6) is 0.157. The lowest BCUT2D eigenvalue weighted by Gasteiger charge is -2.39. The molecule has 0 atom stereocenters. The van der Waals surface area contributed by atoms with Gasteiger partial charge in [-0.05, 0) is 94.8 Å². The summed E-state index contributed by atoms with van der Waals surface area (Å²) in [5.41, 5.74) is 5.24. The van der Waals surface area contributed by atoms with Crippen LogP contribution in [0.1, 0.15) is 69.1 Å². The second-order valence-electron chi connectivity index (χ2n) is 12.1. The molecule has 0 saturated carbocycles. The van der Waals surface area contributed by atoms with Gasteiger partial charge in [0.25, 0.3) is 0 Å². The minimum Gasteiger partial charge on any atom is -0.443 e. The zero-order valence-corrected chi connectivity index (χ0v) is 25.1. The molecular weight excluding hydrogens is 529 g/mol. The highest BCUT2D eigenvalue weighted by Crippen LogP contribution is 2.37. The van der Waals surface area contributed by atoms with E-state index in [0.29, 0.717) is 12.8 Å². The summed E-state index contributed by atoms with van der Waals surface area (Å²) in [6, 6.07) is 27.8. The van der Waals surface area contributed by atoms with Crippen molar-refractivity contribution in [3.05, 3.63) is 107 Å². The highest BCUT2D eigenvalue weighted by molar-refractivity contribution is 5.71. The smallest absolute Gasteiger partial charge is 0.425 e. The van der Waals surface area contributed by atoms with Crippen molar-refractivity contribution in [2.45, 2.75) is 63.4 Å². The Morgan fingerprint density at radius 2 is 1.52 bits per heavy atom. The van der Waals surface area contributed by atoms with Gasteiger partial charge in [-0.3, -0.25) is 0 Å². The van der Waals surface area contributed by atoms with Crippen LogP contribution < -0.4 is 5.43 Å². The highest BCUT2D eigenvalue weighted by atomic mass is 19.1. The van der Waals surface area contributed by atoms with E-state index in [2.05, 4.69) is 34.6 Å². The SMILES string of the molecule is CC(C)(C)OC(=O)N(CC=O)NCC(CCCN1CCC(c2ccccc2F)CC1)(c1ccccc1)c1ccccc1. The molecule has 1 fully saturated rings. The van der Waals surface area contributed by atoms with E-state index in [1.807, 2.05) is 48.5 Å². The van der Waals surface area contributed by atoms with Crippen LogP contribution >= 0.6 is 0 Å². The third-order valence-corrected chi connectivity index (χ3v) is 8.11. The predicted molar refractivity (Wildman–Crippen MR) is 165 cm³/mol. The number of amides is 1. The van der Waals surface area contributed by atoms with Crippen LogP contribution in [0.3, 0.4) is 0 Å². The van der Waals surface area contributed by atoms with Gasteiger partial charge in [0.2, 0.25) is 0 Å².